The van der Waals surface area contributed by atoms with Gasteiger partial charge in [-0.3, -0.25) is 0 Å². The molecule has 0 aliphatic heterocycles. The number of benzene rings is 2. The third kappa shape index (κ3) is 9.97. The lowest BCUT2D eigenvalue weighted by molar-refractivity contribution is -0.145. The zero-order chi connectivity index (χ0) is 30.5. The molecule has 0 heterocycles. The first-order chi connectivity index (χ1) is 20.2. The molecule has 228 valence electrons. The molecular formula is C37H50O5. The molecule has 2 aromatic carbocycles. The minimum absolute atomic E-state index is 0.0186. The highest BCUT2D eigenvalue weighted by Crippen LogP contribution is 2.44. The van der Waals surface area contributed by atoms with Gasteiger partial charge in [0.15, 0.2) is 0 Å². The third-order valence-corrected chi connectivity index (χ3v) is 8.77. The summed E-state index contributed by atoms with van der Waals surface area (Å²) in [6.07, 6.45) is 10.1. The summed E-state index contributed by atoms with van der Waals surface area (Å²) in [6.45, 7) is 13.2. The fourth-order valence-electron chi connectivity index (χ4n) is 6.12. The lowest BCUT2D eigenvalue weighted by atomic mass is 9.68. The molecule has 1 aliphatic carbocycles. The molecule has 0 aromatic heterocycles. The normalized spacial score (nSPS) is 19.1. The Balaban J connectivity index is 1.61. The fourth-order valence-corrected chi connectivity index (χ4v) is 6.12. The summed E-state index contributed by atoms with van der Waals surface area (Å²) in [4.78, 5) is 24.2. The summed E-state index contributed by atoms with van der Waals surface area (Å²) in [5.41, 5.74) is 5.69. The summed E-state index contributed by atoms with van der Waals surface area (Å²) in [6, 6.07) is 18.1. The molecule has 0 radical (unpaired) electrons. The van der Waals surface area contributed by atoms with Crippen molar-refractivity contribution in [2.45, 2.75) is 84.5 Å². The summed E-state index contributed by atoms with van der Waals surface area (Å²) in [5, 5.41) is 9.19. The van der Waals surface area contributed by atoms with Crippen LogP contribution in [0.3, 0.4) is 0 Å². The number of esters is 2. The lowest BCUT2D eigenvalue weighted by Gasteiger charge is -2.37. The Kier molecular flexibility index (Phi) is 13.5. The van der Waals surface area contributed by atoms with Gasteiger partial charge in [-0.25, -0.2) is 9.59 Å². The van der Waals surface area contributed by atoms with Crippen LogP contribution in [0.25, 0.3) is 11.1 Å². The van der Waals surface area contributed by atoms with Crippen molar-refractivity contribution in [1.29, 1.82) is 0 Å². The van der Waals surface area contributed by atoms with Gasteiger partial charge in [-0.05, 0) is 85.5 Å². The van der Waals surface area contributed by atoms with Gasteiger partial charge in [-0.15, -0.1) is 0 Å². The van der Waals surface area contributed by atoms with Crippen molar-refractivity contribution in [3.63, 3.8) is 0 Å². The Morgan fingerprint density at radius 3 is 2.07 bits per heavy atom. The number of rotatable bonds is 16. The van der Waals surface area contributed by atoms with Crippen LogP contribution in [0.2, 0.25) is 0 Å². The molecule has 3 rings (SSSR count). The number of carbonyl (C=O) groups is 2. The molecule has 1 saturated carbocycles. The van der Waals surface area contributed by atoms with Gasteiger partial charge in [-0.2, -0.15) is 0 Å². The fraction of sp³-hybridized carbons (Fsp3) is 0.514. The van der Waals surface area contributed by atoms with E-state index >= 15 is 0 Å². The first-order valence-electron chi connectivity index (χ1n) is 15.7. The number of aliphatic hydroxyl groups excluding tert-OH is 1. The maximum absolute atomic E-state index is 12.1. The topological polar surface area (TPSA) is 72.8 Å². The molecule has 2 aromatic rings. The van der Waals surface area contributed by atoms with E-state index in [1.54, 1.807) is 6.92 Å². The van der Waals surface area contributed by atoms with Gasteiger partial charge >= 0.3 is 11.9 Å². The molecule has 1 fully saturated rings. The Morgan fingerprint density at radius 2 is 1.50 bits per heavy atom. The Labute approximate surface area is 253 Å². The van der Waals surface area contributed by atoms with E-state index in [-0.39, 0.29) is 24.7 Å². The van der Waals surface area contributed by atoms with Crippen LogP contribution in [-0.2, 0) is 25.5 Å². The van der Waals surface area contributed by atoms with Crippen LogP contribution < -0.4 is 0 Å². The average Bonchev–Trinajstić information content (AvgIpc) is 3.02. The minimum atomic E-state index is -0.615. The van der Waals surface area contributed by atoms with Crippen LogP contribution in [0.5, 0.6) is 0 Å². The van der Waals surface area contributed by atoms with Crippen LogP contribution in [0, 0.1) is 17.8 Å². The van der Waals surface area contributed by atoms with Crippen molar-refractivity contribution in [1.82, 2.24) is 0 Å². The molecule has 4 atom stereocenters. The molecule has 0 bridgehead atoms. The maximum atomic E-state index is 12.1. The molecular weight excluding hydrogens is 524 g/mol. The van der Waals surface area contributed by atoms with Crippen molar-refractivity contribution in [3.8, 4) is 11.1 Å². The number of aliphatic hydroxyl groups is 1. The number of ether oxygens (including phenoxy) is 2. The highest BCUT2D eigenvalue weighted by molar-refractivity contribution is 5.88. The standard InChI is InChI=1S/C37H50O5/c1-6-8-9-10-28-11-13-31(14-12-28)32-15-17-33(18-16-32)35-20-19-34(30(7-2)22-35)21-29(24-41-36(39)26(3)4)25-42-37(40)27(5)23-38/h11-18,29-30,34-35,38H,3,5-10,19-25H2,1-2,4H3. The van der Waals surface area contributed by atoms with E-state index in [0.29, 0.717) is 23.3 Å². The Hall–Kier alpha value is -3.18. The smallest absolute Gasteiger partial charge is 0.335 e. The zero-order valence-electron chi connectivity index (χ0n) is 25.9. The van der Waals surface area contributed by atoms with Crippen LogP contribution in [0.1, 0.15) is 89.2 Å². The van der Waals surface area contributed by atoms with Crippen molar-refractivity contribution >= 4 is 11.9 Å². The van der Waals surface area contributed by atoms with Crippen molar-refractivity contribution < 1.29 is 24.2 Å². The van der Waals surface area contributed by atoms with E-state index in [2.05, 4.69) is 75.5 Å². The number of aryl methyl sites for hydroxylation is 1. The largest absolute Gasteiger partial charge is 0.462 e. The molecule has 4 unspecified atom stereocenters. The van der Waals surface area contributed by atoms with E-state index in [0.717, 1.165) is 38.5 Å². The summed E-state index contributed by atoms with van der Waals surface area (Å²) in [7, 11) is 0. The lowest BCUT2D eigenvalue weighted by Crippen LogP contribution is -2.30. The van der Waals surface area contributed by atoms with Crippen LogP contribution in [-0.4, -0.2) is 36.9 Å². The molecule has 0 spiro atoms. The molecule has 0 amide bonds. The van der Waals surface area contributed by atoms with Crippen LogP contribution in [0.15, 0.2) is 72.8 Å². The average molecular weight is 575 g/mol. The predicted octanol–water partition coefficient (Wildman–Crippen LogP) is 8.21. The van der Waals surface area contributed by atoms with Gasteiger partial charge in [0.1, 0.15) is 0 Å². The predicted molar refractivity (Wildman–Crippen MR) is 170 cm³/mol. The third-order valence-electron chi connectivity index (χ3n) is 8.77. The summed E-state index contributed by atoms with van der Waals surface area (Å²) < 4.78 is 10.9. The first kappa shape index (κ1) is 33.3. The van der Waals surface area contributed by atoms with Gasteiger partial charge in [0.2, 0.25) is 0 Å². The number of carbonyl (C=O) groups excluding carboxylic acids is 2. The second kappa shape index (κ2) is 17.1. The number of hydrogen-bond donors (Lipinski definition) is 1. The Morgan fingerprint density at radius 1 is 0.881 bits per heavy atom. The van der Waals surface area contributed by atoms with Crippen LogP contribution >= 0.6 is 0 Å². The monoisotopic (exact) mass is 574 g/mol. The van der Waals surface area contributed by atoms with Gasteiger partial charge in [0, 0.05) is 11.5 Å². The molecule has 42 heavy (non-hydrogen) atoms. The maximum Gasteiger partial charge on any atom is 0.335 e. The van der Waals surface area contributed by atoms with Gasteiger partial charge in [0.05, 0.1) is 25.4 Å². The van der Waals surface area contributed by atoms with E-state index in [1.165, 1.54) is 41.5 Å². The molecule has 0 saturated heterocycles. The highest BCUT2D eigenvalue weighted by atomic mass is 16.5. The van der Waals surface area contributed by atoms with E-state index in [9.17, 15) is 14.7 Å². The van der Waals surface area contributed by atoms with Crippen molar-refractivity contribution in [2.24, 2.45) is 17.8 Å². The molecule has 1 aliphatic rings. The summed E-state index contributed by atoms with van der Waals surface area (Å²) in [5.74, 6) is 0.327. The zero-order valence-corrected chi connectivity index (χ0v) is 25.9. The van der Waals surface area contributed by atoms with Crippen molar-refractivity contribution in [3.05, 3.63) is 84.0 Å². The van der Waals surface area contributed by atoms with Gasteiger partial charge < -0.3 is 14.6 Å². The molecule has 5 nitrogen and oxygen atoms in total. The van der Waals surface area contributed by atoms with E-state index in [4.69, 9.17) is 9.47 Å². The van der Waals surface area contributed by atoms with Gasteiger partial charge in [0.25, 0.3) is 0 Å². The second-order valence-corrected chi connectivity index (χ2v) is 12.1. The Bertz CT molecular complexity index is 1160. The van der Waals surface area contributed by atoms with Gasteiger partial charge in [-0.1, -0.05) is 94.8 Å². The second-order valence-electron chi connectivity index (χ2n) is 12.1. The van der Waals surface area contributed by atoms with Crippen molar-refractivity contribution in [2.75, 3.05) is 19.8 Å². The van der Waals surface area contributed by atoms with Crippen LogP contribution in [0.4, 0.5) is 0 Å². The minimum Gasteiger partial charge on any atom is -0.462 e. The SMILES string of the molecule is C=C(C)C(=O)OCC(COC(=O)C(=C)CO)CC1CCC(c2ccc(-c3ccc(CCCCC)cc3)cc2)CC1CC. The highest BCUT2D eigenvalue weighted by Gasteiger charge is 2.32. The quantitative estimate of drug-likeness (QED) is 0.124. The van der Waals surface area contributed by atoms with E-state index < -0.39 is 18.5 Å². The number of hydrogen-bond acceptors (Lipinski definition) is 5. The van der Waals surface area contributed by atoms with E-state index in [1.807, 2.05) is 0 Å². The number of unbranched alkanes of at least 4 members (excludes halogenated alkanes) is 2. The summed E-state index contributed by atoms with van der Waals surface area (Å²) >= 11 is 0. The first-order valence-corrected chi connectivity index (χ1v) is 15.7. The molecule has 1 N–H and O–H groups in total. The molecule has 5 heteroatoms.